The smallest absolute Gasteiger partial charge is 0.100 e. The zero-order valence-corrected chi connectivity index (χ0v) is 29.8. The van der Waals surface area contributed by atoms with Gasteiger partial charge in [-0.1, -0.05) is 245 Å². The van der Waals surface area contributed by atoms with Crippen molar-refractivity contribution in [1.82, 2.24) is 0 Å². The highest BCUT2D eigenvalue weighted by atomic mass is 19.1. The first-order valence-corrected chi connectivity index (χ1v) is 20.4. The maximum absolute atomic E-state index is 14.1. The van der Waals surface area contributed by atoms with Crippen LogP contribution in [-0.4, -0.2) is 6.17 Å². The fourth-order valence-electron chi connectivity index (χ4n) is 6.68. The summed E-state index contributed by atoms with van der Waals surface area (Å²) >= 11 is 0. The van der Waals surface area contributed by atoms with Gasteiger partial charge < -0.3 is 0 Å². The van der Waals surface area contributed by atoms with Crippen molar-refractivity contribution in [2.75, 3.05) is 0 Å². The first-order valence-electron chi connectivity index (χ1n) is 20.4. The van der Waals surface area contributed by atoms with Crippen LogP contribution in [0.15, 0.2) is 0 Å². The number of unbranched alkanes of at least 4 members (excludes halogenated alkanes) is 34. The largest absolute Gasteiger partial charge is 0.247 e. The molecule has 0 spiro atoms. The molecule has 0 N–H and O–H groups in total. The molecule has 0 radical (unpaired) electrons. The van der Waals surface area contributed by atoms with Gasteiger partial charge in [0.1, 0.15) is 6.17 Å². The quantitative estimate of drug-likeness (QED) is 0.0624. The maximum atomic E-state index is 14.1. The molecule has 0 heterocycles. The highest BCUT2D eigenvalue weighted by Crippen LogP contribution is 2.18. The van der Waals surface area contributed by atoms with Crippen LogP contribution in [0, 0.1) is 0 Å². The van der Waals surface area contributed by atoms with Crippen LogP contribution in [0.1, 0.15) is 258 Å². The van der Waals surface area contributed by atoms with Crippen LogP contribution in [0.2, 0.25) is 0 Å². The van der Waals surface area contributed by atoms with Crippen molar-refractivity contribution in [3.05, 3.63) is 0 Å². The molecule has 0 amide bonds. The molecule has 254 valence electrons. The Morgan fingerprint density at radius 3 is 0.548 bits per heavy atom. The average molecular weight is 595 g/mol. The molecule has 0 nitrogen and oxygen atoms in total. The second kappa shape index (κ2) is 39.0. The van der Waals surface area contributed by atoms with Gasteiger partial charge in [-0.2, -0.15) is 0 Å². The van der Waals surface area contributed by atoms with E-state index in [1.165, 1.54) is 218 Å². The van der Waals surface area contributed by atoms with E-state index in [0.29, 0.717) is 0 Å². The zero-order chi connectivity index (χ0) is 30.4. The third-order valence-electron chi connectivity index (χ3n) is 9.74. The molecule has 0 aromatic carbocycles. The van der Waals surface area contributed by atoms with Gasteiger partial charge in [-0.15, -0.1) is 0 Å². The monoisotopic (exact) mass is 595 g/mol. The standard InChI is InChI=1S/C41H83F/c1-3-5-7-9-11-13-14-15-16-17-18-19-20-21-22-23-24-25-26-27-28-29-30-32-34-36-38-40-41(42)39-37-35-33-31-12-10-8-6-4-2/h41H,3-40H2,1-2H3. The molecule has 1 atom stereocenters. The van der Waals surface area contributed by atoms with Crippen LogP contribution in [0.4, 0.5) is 4.39 Å². The van der Waals surface area contributed by atoms with Crippen molar-refractivity contribution in [1.29, 1.82) is 0 Å². The molecule has 0 saturated carbocycles. The molecule has 0 saturated heterocycles. The first-order chi connectivity index (χ1) is 20.8. The second-order valence-electron chi connectivity index (χ2n) is 14.2. The molecule has 0 fully saturated rings. The molecule has 0 aromatic rings. The molecule has 1 heteroatoms. The molecule has 0 rings (SSSR count). The number of alkyl halides is 1. The normalized spacial score (nSPS) is 12.4. The third-order valence-corrected chi connectivity index (χ3v) is 9.74. The Kier molecular flexibility index (Phi) is 38.9. The Labute approximate surface area is 268 Å². The zero-order valence-electron chi connectivity index (χ0n) is 29.8. The minimum Gasteiger partial charge on any atom is -0.247 e. The Balaban J connectivity index is 3.10. The van der Waals surface area contributed by atoms with E-state index < -0.39 is 6.17 Å². The molecule has 0 aliphatic carbocycles. The molecular formula is C41H83F. The van der Waals surface area contributed by atoms with Gasteiger partial charge in [0.2, 0.25) is 0 Å². The Morgan fingerprint density at radius 2 is 0.381 bits per heavy atom. The number of hydrogen-bond acceptors (Lipinski definition) is 0. The minimum atomic E-state index is -0.534. The summed E-state index contributed by atoms with van der Waals surface area (Å²) in [5.74, 6) is 0. The van der Waals surface area contributed by atoms with E-state index in [9.17, 15) is 4.39 Å². The predicted octanol–water partition coefficient (Wildman–Crippen LogP) is 16.2. The minimum absolute atomic E-state index is 0.534. The van der Waals surface area contributed by atoms with Crippen molar-refractivity contribution in [3.8, 4) is 0 Å². The fourth-order valence-corrected chi connectivity index (χ4v) is 6.68. The molecule has 0 bridgehead atoms. The Hall–Kier alpha value is -0.0700. The molecule has 42 heavy (non-hydrogen) atoms. The molecule has 1 unspecified atom stereocenters. The van der Waals surface area contributed by atoms with Gasteiger partial charge in [0.15, 0.2) is 0 Å². The lowest BCUT2D eigenvalue weighted by Crippen LogP contribution is -2.00. The van der Waals surface area contributed by atoms with Crippen LogP contribution < -0.4 is 0 Å². The highest BCUT2D eigenvalue weighted by molar-refractivity contribution is 4.58. The lowest BCUT2D eigenvalue weighted by molar-refractivity contribution is 0.279. The van der Waals surface area contributed by atoms with Gasteiger partial charge in [-0.05, 0) is 12.8 Å². The Morgan fingerprint density at radius 1 is 0.238 bits per heavy atom. The maximum Gasteiger partial charge on any atom is 0.100 e. The number of halogens is 1. The second-order valence-corrected chi connectivity index (χ2v) is 14.2. The first kappa shape index (κ1) is 41.9. The van der Waals surface area contributed by atoms with E-state index in [1.54, 1.807) is 0 Å². The lowest BCUT2D eigenvalue weighted by Gasteiger charge is -2.08. The summed E-state index contributed by atoms with van der Waals surface area (Å²) in [4.78, 5) is 0. The van der Waals surface area contributed by atoms with Crippen LogP contribution in [0.3, 0.4) is 0 Å². The van der Waals surface area contributed by atoms with E-state index in [1.807, 2.05) is 0 Å². The fraction of sp³-hybridized carbons (Fsp3) is 1.00. The summed E-state index contributed by atoms with van der Waals surface area (Å²) in [6, 6.07) is 0. The third kappa shape index (κ3) is 38.0. The van der Waals surface area contributed by atoms with Crippen LogP contribution >= 0.6 is 0 Å². The SMILES string of the molecule is CCCCCCCCCCCCCCCCCCCCCCCCCCCCCC(F)CCCCCCCCCCC. The van der Waals surface area contributed by atoms with E-state index in [-0.39, 0.29) is 0 Å². The van der Waals surface area contributed by atoms with Crippen molar-refractivity contribution < 1.29 is 4.39 Å². The number of rotatable bonds is 38. The van der Waals surface area contributed by atoms with Crippen molar-refractivity contribution in [2.45, 2.75) is 264 Å². The summed E-state index contributed by atoms with van der Waals surface area (Å²) in [5, 5.41) is 0. The summed E-state index contributed by atoms with van der Waals surface area (Å²) in [5.41, 5.74) is 0. The van der Waals surface area contributed by atoms with Crippen molar-refractivity contribution in [2.24, 2.45) is 0 Å². The summed E-state index contributed by atoms with van der Waals surface area (Å²) in [7, 11) is 0. The van der Waals surface area contributed by atoms with Crippen LogP contribution in [-0.2, 0) is 0 Å². The summed E-state index contributed by atoms with van der Waals surface area (Å²) < 4.78 is 14.1. The van der Waals surface area contributed by atoms with Crippen LogP contribution in [0.5, 0.6) is 0 Å². The highest BCUT2D eigenvalue weighted by Gasteiger charge is 2.06. The van der Waals surface area contributed by atoms with Crippen molar-refractivity contribution >= 4 is 0 Å². The molecule has 0 aliphatic heterocycles. The van der Waals surface area contributed by atoms with E-state index >= 15 is 0 Å². The topological polar surface area (TPSA) is 0 Å². The van der Waals surface area contributed by atoms with Gasteiger partial charge in [0.05, 0.1) is 0 Å². The van der Waals surface area contributed by atoms with E-state index in [0.717, 1.165) is 25.7 Å². The predicted molar refractivity (Wildman–Crippen MR) is 192 cm³/mol. The van der Waals surface area contributed by atoms with Crippen LogP contribution in [0.25, 0.3) is 0 Å². The number of hydrogen-bond donors (Lipinski definition) is 0. The summed E-state index contributed by atoms with van der Waals surface area (Å²) in [6.07, 6.45) is 51.6. The Bertz CT molecular complexity index is 446. The van der Waals surface area contributed by atoms with Crippen molar-refractivity contribution in [3.63, 3.8) is 0 Å². The van der Waals surface area contributed by atoms with Gasteiger partial charge in [0, 0.05) is 0 Å². The van der Waals surface area contributed by atoms with Gasteiger partial charge in [-0.25, -0.2) is 4.39 Å². The summed E-state index contributed by atoms with van der Waals surface area (Å²) in [6.45, 7) is 4.58. The average Bonchev–Trinajstić information content (AvgIpc) is 3.00. The molecular weight excluding hydrogens is 511 g/mol. The van der Waals surface area contributed by atoms with Gasteiger partial charge in [-0.3, -0.25) is 0 Å². The van der Waals surface area contributed by atoms with E-state index in [2.05, 4.69) is 13.8 Å². The van der Waals surface area contributed by atoms with E-state index in [4.69, 9.17) is 0 Å². The lowest BCUT2D eigenvalue weighted by atomic mass is 10.0. The molecule has 0 aromatic heterocycles. The molecule has 0 aliphatic rings. The van der Waals surface area contributed by atoms with Gasteiger partial charge in [0.25, 0.3) is 0 Å². The van der Waals surface area contributed by atoms with Gasteiger partial charge >= 0.3 is 0 Å².